The van der Waals surface area contributed by atoms with E-state index >= 15 is 0 Å². The number of nitrogens with two attached hydrogens (primary N) is 1. The first-order valence-electron chi connectivity index (χ1n) is 8.39. The van der Waals surface area contributed by atoms with Gasteiger partial charge in [-0.1, -0.05) is 6.92 Å². The molecule has 2 aromatic rings. The van der Waals surface area contributed by atoms with Crippen molar-refractivity contribution in [1.82, 2.24) is 15.2 Å². The number of hydrogen-bond acceptors (Lipinski definition) is 6. The molecule has 0 radical (unpaired) electrons. The predicted molar refractivity (Wildman–Crippen MR) is 94.9 cm³/mol. The summed E-state index contributed by atoms with van der Waals surface area (Å²) in [6.45, 7) is 5.78. The first-order valence-corrected chi connectivity index (χ1v) is 9.27. The maximum atomic E-state index is 12.1. The number of nitrogen functional groups attached to an aromatic ring is 1. The van der Waals surface area contributed by atoms with Gasteiger partial charge in [0.2, 0.25) is 0 Å². The van der Waals surface area contributed by atoms with Crippen LogP contribution in [0.15, 0.2) is 21.9 Å². The second kappa shape index (κ2) is 7.81. The molecule has 3 N–H and O–H groups in total. The van der Waals surface area contributed by atoms with E-state index in [2.05, 4.69) is 22.1 Å². The fraction of sp³-hybridized carbons (Fsp3) is 0.529. The number of nitrogens with one attached hydrogen (secondary N) is 1. The van der Waals surface area contributed by atoms with Crippen LogP contribution in [0.3, 0.4) is 0 Å². The summed E-state index contributed by atoms with van der Waals surface area (Å²) < 4.78 is 5.69. The molecule has 0 bridgehead atoms. The topological polar surface area (TPSA) is 84.4 Å². The van der Waals surface area contributed by atoms with Crippen molar-refractivity contribution < 1.29 is 9.21 Å². The molecule has 3 rings (SSSR count). The van der Waals surface area contributed by atoms with Gasteiger partial charge in [-0.15, -0.1) is 11.3 Å². The Hall–Kier alpha value is -1.86. The molecular formula is C17H24N4O2S. The van der Waals surface area contributed by atoms with Gasteiger partial charge in [0.25, 0.3) is 5.91 Å². The molecule has 1 fully saturated rings. The van der Waals surface area contributed by atoms with Crippen LogP contribution in [0.2, 0.25) is 0 Å². The number of aromatic nitrogens is 1. The fourth-order valence-corrected chi connectivity index (χ4v) is 3.45. The highest BCUT2D eigenvalue weighted by Crippen LogP contribution is 2.19. The molecule has 24 heavy (non-hydrogen) atoms. The number of carbonyl (C=O) groups excluding carboxylic acids is 1. The van der Waals surface area contributed by atoms with Crippen LogP contribution in [0, 0.1) is 5.92 Å². The third-order valence-corrected chi connectivity index (χ3v) is 5.10. The maximum Gasteiger partial charge on any atom is 0.287 e. The summed E-state index contributed by atoms with van der Waals surface area (Å²) in [6.07, 6.45) is 3.13. The number of likely N-dealkylation sites (tertiary alicyclic amines) is 1. The van der Waals surface area contributed by atoms with Crippen LogP contribution in [0.1, 0.15) is 41.8 Å². The quantitative estimate of drug-likeness (QED) is 0.838. The van der Waals surface area contributed by atoms with Gasteiger partial charge < -0.3 is 15.5 Å². The zero-order valence-electron chi connectivity index (χ0n) is 14.0. The number of piperidine rings is 1. The van der Waals surface area contributed by atoms with Crippen molar-refractivity contribution in [2.24, 2.45) is 5.92 Å². The van der Waals surface area contributed by atoms with E-state index in [1.807, 2.05) is 11.4 Å². The van der Waals surface area contributed by atoms with E-state index in [0.29, 0.717) is 23.9 Å². The molecule has 0 aromatic carbocycles. The zero-order valence-corrected chi connectivity index (χ0v) is 14.8. The van der Waals surface area contributed by atoms with E-state index in [4.69, 9.17) is 10.2 Å². The molecule has 1 aliphatic rings. The van der Waals surface area contributed by atoms with Gasteiger partial charge in [0.05, 0.1) is 12.2 Å². The molecule has 6 nitrogen and oxygen atoms in total. The van der Waals surface area contributed by atoms with Gasteiger partial charge in [-0.25, -0.2) is 4.98 Å². The Kier molecular flexibility index (Phi) is 5.52. The van der Waals surface area contributed by atoms with Gasteiger partial charge in [-0.2, -0.15) is 0 Å². The summed E-state index contributed by atoms with van der Waals surface area (Å²) >= 11 is 1.41. The lowest BCUT2D eigenvalue weighted by Gasteiger charge is -2.29. The van der Waals surface area contributed by atoms with Crippen LogP contribution in [0.5, 0.6) is 0 Å². The highest BCUT2D eigenvalue weighted by atomic mass is 32.1. The first kappa shape index (κ1) is 17.0. The summed E-state index contributed by atoms with van der Waals surface area (Å²) in [4.78, 5) is 18.7. The van der Waals surface area contributed by atoms with Crippen LogP contribution < -0.4 is 11.1 Å². The molecule has 1 amide bonds. The summed E-state index contributed by atoms with van der Waals surface area (Å²) in [5.74, 6) is 1.85. The Morgan fingerprint density at radius 2 is 2.25 bits per heavy atom. The number of rotatable bonds is 6. The van der Waals surface area contributed by atoms with Crippen molar-refractivity contribution >= 4 is 22.4 Å². The summed E-state index contributed by atoms with van der Waals surface area (Å²) in [5, 5.41) is 5.32. The first-order chi connectivity index (χ1) is 11.6. The van der Waals surface area contributed by atoms with E-state index < -0.39 is 0 Å². The lowest BCUT2D eigenvalue weighted by molar-refractivity contribution is 0.0921. The Morgan fingerprint density at radius 1 is 1.46 bits per heavy atom. The van der Waals surface area contributed by atoms with Crippen molar-refractivity contribution in [2.45, 2.75) is 32.7 Å². The lowest BCUT2D eigenvalue weighted by atomic mass is 9.99. The number of thiazole rings is 1. The van der Waals surface area contributed by atoms with Crippen LogP contribution >= 0.6 is 11.3 Å². The molecule has 0 aliphatic carbocycles. The van der Waals surface area contributed by atoms with Crippen LogP contribution in [0.4, 0.5) is 5.13 Å². The summed E-state index contributed by atoms with van der Waals surface area (Å²) in [6, 6.07) is 3.64. The molecule has 3 heterocycles. The Labute approximate surface area is 146 Å². The SMILES string of the molecule is CC1CCN(Cc2ccc(C(=O)NCCc3csc(N)n3)o2)CC1. The van der Waals surface area contributed by atoms with Crippen molar-refractivity contribution in [2.75, 3.05) is 25.4 Å². The molecule has 1 aliphatic heterocycles. The van der Waals surface area contributed by atoms with Gasteiger partial charge in [-0.3, -0.25) is 9.69 Å². The van der Waals surface area contributed by atoms with Crippen molar-refractivity contribution in [3.05, 3.63) is 34.7 Å². The second-order valence-electron chi connectivity index (χ2n) is 6.41. The Balaban J connectivity index is 1.45. The maximum absolute atomic E-state index is 12.1. The Morgan fingerprint density at radius 3 is 2.96 bits per heavy atom. The molecule has 1 saturated heterocycles. The average molecular weight is 348 g/mol. The lowest BCUT2D eigenvalue weighted by Crippen LogP contribution is -2.32. The van der Waals surface area contributed by atoms with Crippen LogP contribution in [-0.4, -0.2) is 35.4 Å². The van der Waals surface area contributed by atoms with Crippen molar-refractivity contribution in [3.8, 4) is 0 Å². The van der Waals surface area contributed by atoms with Gasteiger partial charge in [0.15, 0.2) is 10.9 Å². The van der Waals surface area contributed by atoms with Crippen LogP contribution in [0.25, 0.3) is 0 Å². The molecule has 0 atom stereocenters. The van der Waals surface area contributed by atoms with Gasteiger partial charge in [0.1, 0.15) is 5.76 Å². The molecule has 2 aromatic heterocycles. The second-order valence-corrected chi connectivity index (χ2v) is 7.30. The zero-order chi connectivity index (χ0) is 16.9. The third-order valence-electron chi connectivity index (χ3n) is 4.38. The number of furan rings is 1. The molecule has 130 valence electrons. The van der Waals surface area contributed by atoms with E-state index in [0.717, 1.165) is 37.0 Å². The monoisotopic (exact) mass is 348 g/mol. The number of anilines is 1. The number of carbonyl (C=O) groups is 1. The van der Waals surface area contributed by atoms with Gasteiger partial charge in [-0.05, 0) is 44.0 Å². The van der Waals surface area contributed by atoms with Crippen LogP contribution in [-0.2, 0) is 13.0 Å². The normalized spacial score (nSPS) is 16.4. The van der Waals surface area contributed by atoms with Crippen molar-refractivity contribution in [3.63, 3.8) is 0 Å². The number of hydrogen-bond donors (Lipinski definition) is 2. The Bertz CT molecular complexity index is 674. The van der Waals surface area contributed by atoms with Gasteiger partial charge >= 0.3 is 0 Å². The highest BCUT2D eigenvalue weighted by molar-refractivity contribution is 7.13. The smallest absolute Gasteiger partial charge is 0.287 e. The third kappa shape index (κ3) is 4.58. The molecule has 7 heteroatoms. The van der Waals surface area contributed by atoms with Crippen molar-refractivity contribution in [1.29, 1.82) is 0 Å². The molecule has 0 spiro atoms. The standard InChI is InChI=1S/C17H24N4O2S/c1-12-5-8-21(9-6-12)10-14-2-3-15(23-14)16(22)19-7-4-13-11-24-17(18)20-13/h2-3,11-12H,4-10H2,1H3,(H2,18,20)(H,19,22). The minimum absolute atomic E-state index is 0.184. The largest absolute Gasteiger partial charge is 0.455 e. The number of nitrogens with zero attached hydrogens (tertiary/aromatic N) is 2. The minimum Gasteiger partial charge on any atom is -0.455 e. The minimum atomic E-state index is -0.184. The molecule has 0 saturated carbocycles. The van der Waals surface area contributed by atoms with E-state index in [1.54, 1.807) is 6.07 Å². The number of amides is 1. The van der Waals surface area contributed by atoms with E-state index in [1.165, 1.54) is 24.2 Å². The fourth-order valence-electron chi connectivity index (χ4n) is 2.85. The average Bonchev–Trinajstić information content (AvgIpc) is 3.19. The summed E-state index contributed by atoms with van der Waals surface area (Å²) in [7, 11) is 0. The van der Waals surface area contributed by atoms with E-state index in [-0.39, 0.29) is 5.91 Å². The van der Waals surface area contributed by atoms with E-state index in [9.17, 15) is 4.79 Å². The predicted octanol–water partition coefficient (Wildman–Crippen LogP) is 2.52. The highest BCUT2D eigenvalue weighted by Gasteiger charge is 2.18. The molecular weight excluding hydrogens is 324 g/mol. The van der Waals surface area contributed by atoms with Gasteiger partial charge in [0, 0.05) is 18.3 Å². The summed E-state index contributed by atoms with van der Waals surface area (Å²) in [5.41, 5.74) is 6.49. The molecule has 0 unspecified atom stereocenters.